The summed E-state index contributed by atoms with van der Waals surface area (Å²) in [5, 5.41) is 0. The zero-order chi connectivity index (χ0) is 12.4. The Bertz CT molecular complexity index is 567. The summed E-state index contributed by atoms with van der Waals surface area (Å²) in [7, 11) is 1.69. The van der Waals surface area contributed by atoms with Crippen molar-refractivity contribution in [3.05, 3.63) is 59.4 Å². The van der Waals surface area contributed by atoms with Crippen molar-refractivity contribution in [2.24, 2.45) is 9.98 Å². The molecule has 90 valence electrons. The lowest BCUT2D eigenvalue weighted by atomic mass is 9.90. The van der Waals surface area contributed by atoms with Gasteiger partial charge in [0.2, 0.25) is 0 Å². The van der Waals surface area contributed by atoms with Crippen molar-refractivity contribution in [1.82, 2.24) is 0 Å². The lowest BCUT2D eigenvalue weighted by Gasteiger charge is -2.23. The summed E-state index contributed by atoms with van der Waals surface area (Å²) in [4.78, 5) is 8.84. The molecule has 1 heterocycles. The first kappa shape index (κ1) is 11.0. The van der Waals surface area contributed by atoms with Crippen LogP contribution in [-0.4, -0.2) is 25.2 Å². The van der Waals surface area contributed by atoms with Crippen LogP contribution >= 0.6 is 0 Å². The van der Waals surface area contributed by atoms with E-state index in [1.807, 2.05) is 24.3 Å². The summed E-state index contributed by atoms with van der Waals surface area (Å²) >= 11 is 0. The standard InChI is InChI=1S/C15H14N2O/c1-18-12-7-8-14-13(9-12)15(17-10-16-14)11-5-3-2-4-6-11/h2-7,9-10,14H,8H2,1H3. The Morgan fingerprint density at radius 1 is 1.22 bits per heavy atom. The van der Waals surface area contributed by atoms with Crippen molar-refractivity contribution in [3.63, 3.8) is 0 Å². The third-order valence-corrected chi connectivity index (χ3v) is 3.19. The quantitative estimate of drug-likeness (QED) is 0.780. The van der Waals surface area contributed by atoms with E-state index in [9.17, 15) is 0 Å². The molecule has 1 aliphatic carbocycles. The van der Waals surface area contributed by atoms with Gasteiger partial charge in [0.25, 0.3) is 0 Å². The topological polar surface area (TPSA) is 34.0 Å². The summed E-state index contributed by atoms with van der Waals surface area (Å²) in [6, 6.07) is 10.4. The van der Waals surface area contributed by atoms with Gasteiger partial charge in [-0.25, -0.2) is 4.99 Å². The molecule has 0 fully saturated rings. The lowest BCUT2D eigenvalue weighted by Crippen LogP contribution is -2.23. The monoisotopic (exact) mass is 238 g/mol. The fraction of sp³-hybridized carbons (Fsp3) is 0.200. The van der Waals surface area contributed by atoms with Crippen molar-refractivity contribution in [2.45, 2.75) is 12.5 Å². The van der Waals surface area contributed by atoms with Crippen LogP contribution in [0.3, 0.4) is 0 Å². The molecule has 1 unspecified atom stereocenters. The van der Waals surface area contributed by atoms with E-state index in [-0.39, 0.29) is 6.04 Å². The van der Waals surface area contributed by atoms with Crippen LogP contribution in [0.25, 0.3) is 0 Å². The minimum Gasteiger partial charge on any atom is -0.497 e. The zero-order valence-corrected chi connectivity index (χ0v) is 10.2. The molecule has 3 rings (SSSR count). The van der Waals surface area contributed by atoms with Crippen LogP contribution in [0, 0.1) is 0 Å². The zero-order valence-electron chi connectivity index (χ0n) is 10.2. The van der Waals surface area contributed by atoms with Gasteiger partial charge >= 0.3 is 0 Å². The maximum Gasteiger partial charge on any atom is 0.115 e. The number of hydrogen-bond donors (Lipinski definition) is 0. The molecule has 1 aromatic rings. The maximum absolute atomic E-state index is 5.30. The number of allylic oxidation sites excluding steroid dienone is 1. The van der Waals surface area contributed by atoms with E-state index < -0.39 is 0 Å². The van der Waals surface area contributed by atoms with E-state index in [0.717, 1.165) is 29.0 Å². The molecule has 18 heavy (non-hydrogen) atoms. The number of ether oxygens (including phenoxy) is 1. The Kier molecular flexibility index (Phi) is 2.81. The fourth-order valence-electron chi connectivity index (χ4n) is 2.26. The summed E-state index contributed by atoms with van der Waals surface area (Å²) in [5.41, 5.74) is 3.26. The van der Waals surface area contributed by atoms with Gasteiger partial charge in [-0.1, -0.05) is 30.3 Å². The lowest BCUT2D eigenvalue weighted by molar-refractivity contribution is 0.302. The third kappa shape index (κ3) is 1.88. The van der Waals surface area contributed by atoms with Gasteiger partial charge in [0, 0.05) is 11.1 Å². The molecule has 0 radical (unpaired) electrons. The maximum atomic E-state index is 5.30. The number of fused-ring (bicyclic) bond motifs is 1. The van der Waals surface area contributed by atoms with Gasteiger partial charge in [0.15, 0.2) is 0 Å². The number of aliphatic imine (C=N–C) groups is 2. The smallest absolute Gasteiger partial charge is 0.115 e. The average Bonchev–Trinajstić information content (AvgIpc) is 2.47. The highest BCUT2D eigenvalue weighted by atomic mass is 16.5. The van der Waals surface area contributed by atoms with Gasteiger partial charge in [-0.05, 0) is 18.6 Å². The van der Waals surface area contributed by atoms with Crippen LogP contribution in [0.1, 0.15) is 12.0 Å². The second kappa shape index (κ2) is 4.61. The van der Waals surface area contributed by atoms with E-state index >= 15 is 0 Å². The van der Waals surface area contributed by atoms with Gasteiger partial charge in [-0.3, -0.25) is 4.99 Å². The molecule has 0 saturated heterocycles. The molecule has 0 bridgehead atoms. The molecule has 0 N–H and O–H groups in total. The van der Waals surface area contributed by atoms with E-state index in [1.54, 1.807) is 13.4 Å². The van der Waals surface area contributed by atoms with Gasteiger partial charge in [0.1, 0.15) is 12.1 Å². The van der Waals surface area contributed by atoms with Gasteiger partial charge in [-0.15, -0.1) is 0 Å². The van der Waals surface area contributed by atoms with Crippen LogP contribution in [0.15, 0.2) is 63.8 Å². The number of rotatable bonds is 2. The molecule has 0 saturated carbocycles. The SMILES string of the molecule is COC1=CCC2N=CN=C(c3ccccc3)C2=C1. The van der Waals surface area contributed by atoms with Crippen molar-refractivity contribution in [3.8, 4) is 0 Å². The predicted molar refractivity (Wildman–Crippen MR) is 73.1 cm³/mol. The van der Waals surface area contributed by atoms with Crippen molar-refractivity contribution >= 4 is 12.1 Å². The normalized spacial score (nSPS) is 21.6. The summed E-state index contributed by atoms with van der Waals surface area (Å²) in [6.45, 7) is 0. The fourth-order valence-corrected chi connectivity index (χ4v) is 2.26. The first-order chi connectivity index (χ1) is 8.88. The Hall–Kier alpha value is -2.16. The number of nitrogens with zero attached hydrogens (tertiary/aromatic N) is 2. The molecule has 1 aromatic carbocycles. The molecular formula is C15H14N2O. The summed E-state index contributed by atoms with van der Waals surface area (Å²) in [5.74, 6) is 0.891. The first-order valence-corrected chi connectivity index (χ1v) is 5.99. The van der Waals surface area contributed by atoms with Crippen molar-refractivity contribution < 1.29 is 4.74 Å². The molecule has 0 aromatic heterocycles. The van der Waals surface area contributed by atoms with Crippen LogP contribution in [0.2, 0.25) is 0 Å². The first-order valence-electron chi connectivity index (χ1n) is 5.99. The van der Waals surface area contributed by atoms with E-state index in [0.29, 0.717) is 0 Å². The van der Waals surface area contributed by atoms with Gasteiger partial charge < -0.3 is 4.74 Å². The largest absolute Gasteiger partial charge is 0.497 e. The molecule has 0 amide bonds. The number of benzene rings is 1. The summed E-state index contributed by atoms with van der Waals surface area (Å²) in [6.07, 6.45) is 6.64. The van der Waals surface area contributed by atoms with Crippen molar-refractivity contribution in [2.75, 3.05) is 7.11 Å². The minimum atomic E-state index is 0.177. The number of hydrogen-bond acceptors (Lipinski definition) is 3. The Morgan fingerprint density at radius 3 is 2.83 bits per heavy atom. The Morgan fingerprint density at radius 2 is 2.06 bits per heavy atom. The molecule has 0 spiro atoms. The average molecular weight is 238 g/mol. The van der Waals surface area contributed by atoms with Crippen LogP contribution < -0.4 is 0 Å². The van der Waals surface area contributed by atoms with Gasteiger partial charge in [-0.2, -0.15) is 0 Å². The molecule has 1 aliphatic heterocycles. The van der Waals surface area contributed by atoms with E-state index in [4.69, 9.17) is 4.74 Å². The second-order valence-electron chi connectivity index (χ2n) is 4.27. The van der Waals surface area contributed by atoms with Gasteiger partial charge in [0.05, 0.1) is 18.9 Å². The van der Waals surface area contributed by atoms with E-state index in [2.05, 4.69) is 28.2 Å². The van der Waals surface area contributed by atoms with Crippen LogP contribution in [0.4, 0.5) is 0 Å². The second-order valence-corrected chi connectivity index (χ2v) is 4.27. The third-order valence-electron chi connectivity index (χ3n) is 3.19. The molecule has 3 heteroatoms. The molecule has 2 aliphatic rings. The Labute approximate surface area is 106 Å². The molecular weight excluding hydrogens is 224 g/mol. The van der Waals surface area contributed by atoms with Crippen LogP contribution in [0.5, 0.6) is 0 Å². The highest BCUT2D eigenvalue weighted by Crippen LogP contribution is 2.26. The summed E-state index contributed by atoms with van der Waals surface area (Å²) < 4.78 is 5.30. The highest BCUT2D eigenvalue weighted by Gasteiger charge is 2.24. The van der Waals surface area contributed by atoms with Crippen molar-refractivity contribution in [1.29, 1.82) is 0 Å². The highest BCUT2D eigenvalue weighted by molar-refractivity contribution is 6.17. The predicted octanol–water partition coefficient (Wildman–Crippen LogP) is 2.75. The minimum absolute atomic E-state index is 0.177. The molecule has 1 atom stereocenters. The van der Waals surface area contributed by atoms with Crippen LogP contribution in [-0.2, 0) is 4.74 Å². The molecule has 3 nitrogen and oxygen atoms in total. The number of methoxy groups -OCH3 is 1. The van der Waals surface area contributed by atoms with E-state index in [1.165, 1.54) is 0 Å². The Balaban J connectivity index is 2.04.